The van der Waals surface area contributed by atoms with Crippen molar-refractivity contribution in [1.29, 1.82) is 5.26 Å². The van der Waals surface area contributed by atoms with Crippen LogP contribution in [0.15, 0.2) is 17.5 Å². The maximum atomic E-state index is 11.9. The number of nitriles is 1. The first-order valence-corrected chi connectivity index (χ1v) is 8.12. The first kappa shape index (κ1) is 15.5. The smallest absolute Gasteiger partial charge is 0.221 e. The zero-order valence-electron chi connectivity index (χ0n) is 11.8. The van der Waals surface area contributed by atoms with E-state index in [-0.39, 0.29) is 5.91 Å². The molecule has 2 rings (SSSR count). The standard InChI is InChI=1S/C14H16N4OS2/c1-14(2,8-15)18-11(19)6-5-10-12(17-13(16)21-10)9-4-3-7-20-9/h3-4,7H,5-6H2,1-2H3,(H2,16,17)(H,18,19). The molecule has 1 amide bonds. The molecule has 0 radical (unpaired) electrons. The van der Waals surface area contributed by atoms with Crippen LogP contribution in [0.4, 0.5) is 5.13 Å². The van der Waals surface area contributed by atoms with Crippen molar-refractivity contribution < 1.29 is 4.79 Å². The summed E-state index contributed by atoms with van der Waals surface area (Å²) in [6.07, 6.45) is 0.876. The van der Waals surface area contributed by atoms with Crippen molar-refractivity contribution in [1.82, 2.24) is 10.3 Å². The summed E-state index contributed by atoms with van der Waals surface area (Å²) < 4.78 is 0. The maximum Gasteiger partial charge on any atom is 0.221 e. The number of hydrogen-bond donors (Lipinski definition) is 2. The fraction of sp³-hybridized carbons (Fsp3) is 0.357. The van der Waals surface area contributed by atoms with Crippen LogP contribution in [-0.2, 0) is 11.2 Å². The Kier molecular flexibility index (Phi) is 4.60. The van der Waals surface area contributed by atoms with Gasteiger partial charge in [-0.25, -0.2) is 4.98 Å². The van der Waals surface area contributed by atoms with Crippen LogP contribution in [0.1, 0.15) is 25.1 Å². The van der Waals surface area contributed by atoms with Crippen molar-refractivity contribution in [2.45, 2.75) is 32.2 Å². The second kappa shape index (κ2) is 6.24. The highest BCUT2D eigenvalue weighted by molar-refractivity contribution is 7.17. The van der Waals surface area contributed by atoms with Crippen LogP contribution in [0, 0.1) is 11.3 Å². The van der Waals surface area contributed by atoms with Crippen molar-refractivity contribution >= 4 is 33.7 Å². The monoisotopic (exact) mass is 320 g/mol. The molecule has 3 N–H and O–H groups in total. The average molecular weight is 320 g/mol. The third-order valence-electron chi connectivity index (χ3n) is 2.78. The Morgan fingerprint density at radius 2 is 2.33 bits per heavy atom. The Morgan fingerprint density at radius 3 is 2.95 bits per heavy atom. The van der Waals surface area contributed by atoms with E-state index in [4.69, 9.17) is 11.0 Å². The fourth-order valence-electron chi connectivity index (χ4n) is 1.81. The van der Waals surface area contributed by atoms with Gasteiger partial charge >= 0.3 is 0 Å². The number of nitrogens with two attached hydrogens (primary N) is 1. The number of hydrogen-bond acceptors (Lipinski definition) is 6. The number of amides is 1. The number of anilines is 1. The molecule has 0 fully saturated rings. The van der Waals surface area contributed by atoms with Crippen molar-refractivity contribution in [3.8, 4) is 16.6 Å². The van der Waals surface area contributed by atoms with E-state index >= 15 is 0 Å². The second-order valence-electron chi connectivity index (χ2n) is 5.09. The van der Waals surface area contributed by atoms with E-state index in [9.17, 15) is 4.79 Å². The zero-order valence-corrected chi connectivity index (χ0v) is 13.5. The summed E-state index contributed by atoms with van der Waals surface area (Å²) in [4.78, 5) is 18.3. The van der Waals surface area contributed by atoms with E-state index in [1.54, 1.807) is 25.2 Å². The van der Waals surface area contributed by atoms with E-state index in [2.05, 4.69) is 10.3 Å². The van der Waals surface area contributed by atoms with E-state index < -0.39 is 5.54 Å². The third-order valence-corrected chi connectivity index (χ3v) is 4.60. The van der Waals surface area contributed by atoms with Gasteiger partial charge in [0.15, 0.2) is 5.13 Å². The maximum absolute atomic E-state index is 11.9. The molecule has 0 saturated carbocycles. The van der Waals surface area contributed by atoms with E-state index in [0.29, 0.717) is 18.0 Å². The second-order valence-corrected chi connectivity index (χ2v) is 7.15. The highest BCUT2D eigenvalue weighted by atomic mass is 32.1. The molecule has 2 aromatic heterocycles. The topological polar surface area (TPSA) is 91.8 Å². The molecule has 0 unspecified atom stereocenters. The molecule has 0 aliphatic heterocycles. The van der Waals surface area contributed by atoms with Gasteiger partial charge in [-0.05, 0) is 31.7 Å². The van der Waals surface area contributed by atoms with E-state index in [0.717, 1.165) is 15.4 Å². The Hall–Kier alpha value is -1.91. The third kappa shape index (κ3) is 4.03. The number of rotatable bonds is 5. The molecule has 0 aliphatic carbocycles. The van der Waals surface area contributed by atoms with E-state index in [1.165, 1.54) is 11.3 Å². The van der Waals surface area contributed by atoms with Crippen LogP contribution in [0.25, 0.3) is 10.6 Å². The highest BCUT2D eigenvalue weighted by Crippen LogP contribution is 2.33. The highest BCUT2D eigenvalue weighted by Gasteiger charge is 2.20. The molecule has 0 saturated heterocycles. The van der Waals surface area contributed by atoms with Crippen LogP contribution >= 0.6 is 22.7 Å². The zero-order chi connectivity index (χ0) is 15.5. The molecule has 0 aromatic carbocycles. The van der Waals surface area contributed by atoms with Gasteiger partial charge in [0.1, 0.15) is 5.54 Å². The number of carbonyl (C=O) groups is 1. The van der Waals surface area contributed by atoms with Crippen LogP contribution in [0.5, 0.6) is 0 Å². The number of thiazole rings is 1. The number of nitrogens with one attached hydrogen (secondary N) is 1. The number of nitrogen functional groups attached to an aromatic ring is 1. The number of aryl methyl sites for hydroxylation is 1. The molecule has 0 bridgehead atoms. The van der Waals surface area contributed by atoms with Gasteiger partial charge in [-0.3, -0.25) is 4.79 Å². The Labute approximate surface area is 131 Å². The number of aromatic nitrogens is 1. The summed E-state index contributed by atoms with van der Waals surface area (Å²) in [6, 6.07) is 6.00. The largest absolute Gasteiger partial charge is 0.375 e. The van der Waals surface area contributed by atoms with Crippen molar-refractivity contribution in [2.24, 2.45) is 0 Å². The molecule has 7 heteroatoms. The molecule has 21 heavy (non-hydrogen) atoms. The lowest BCUT2D eigenvalue weighted by Crippen LogP contribution is -2.42. The Bertz CT molecular complexity index is 668. The van der Waals surface area contributed by atoms with Gasteiger partial charge < -0.3 is 11.1 Å². The SMILES string of the molecule is CC(C)(C#N)NC(=O)CCc1sc(N)nc1-c1cccs1. The van der Waals surface area contributed by atoms with Gasteiger partial charge in [0.05, 0.1) is 16.6 Å². The summed E-state index contributed by atoms with van der Waals surface area (Å²) in [5, 5.41) is 14.1. The van der Waals surface area contributed by atoms with Gasteiger partial charge in [0, 0.05) is 11.3 Å². The summed E-state index contributed by atoms with van der Waals surface area (Å²) in [6.45, 7) is 3.35. The van der Waals surface area contributed by atoms with Crippen LogP contribution in [0.3, 0.4) is 0 Å². The molecule has 5 nitrogen and oxygen atoms in total. The lowest BCUT2D eigenvalue weighted by atomic mass is 10.1. The predicted molar refractivity (Wildman–Crippen MR) is 86.0 cm³/mol. The first-order chi connectivity index (χ1) is 9.91. The Balaban J connectivity index is 2.05. The molecule has 0 aliphatic rings. The summed E-state index contributed by atoms with van der Waals surface area (Å²) in [7, 11) is 0. The molecular formula is C14H16N4OS2. The average Bonchev–Trinajstić information content (AvgIpc) is 3.04. The van der Waals surface area contributed by atoms with Gasteiger partial charge in [-0.15, -0.1) is 22.7 Å². The van der Waals surface area contributed by atoms with Crippen LogP contribution < -0.4 is 11.1 Å². The van der Waals surface area contributed by atoms with Crippen molar-refractivity contribution in [2.75, 3.05) is 5.73 Å². The molecule has 110 valence electrons. The number of carbonyl (C=O) groups excluding carboxylic acids is 1. The minimum Gasteiger partial charge on any atom is -0.375 e. The molecule has 0 spiro atoms. The Morgan fingerprint density at radius 1 is 1.57 bits per heavy atom. The lowest BCUT2D eigenvalue weighted by molar-refractivity contribution is -0.122. The lowest BCUT2D eigenvalue weighted by Gasteiger charge is -2.17. The minimum absolute atomic E-state index is 0.148. The van der Waals surface area contributed by atoms with Gasteiger partial charge in [0.25, 0.3) is 0 Å². The summed E-state index contributed by atoms with van der Waals surface area (Å²) >= 11 is 3.00. The molecule has 0 atom stereocenters. The van der Waals surface area contributed by atoms with Crippen molar-refractivity contribution in [3.05, 3.63) is 22.4 Å². The van der Waals surface area contributed by atoms with Crippen LogP contribution in [0.2, 0.25) is 0 Å². The quantitative estimate of drug-likeness (QED) is 0.886. The van der Waals surface area contributed by atoms with Crippen LogP contribution in [-0.4, -0.2) is 16.4 Å². The molecule has 2 heterocycles. The fourth-order valence-corrected chi connectivity index (χ4v) is 3.46. The molecular weight excluding hydrogens is 304 g/mol. The van der Waals surface area contributed by atoms with Gasteiger partial charge in [0.2, 0.25) is 5.91 Å². The summed E-state index contributed by atoms with van der Waals surface area (Å²) in [5.74, 6) is -0.148. The number of thiophene rings is 1. The van der Waals surface area contributed by atoms with Gasteiger partial charge in [-0.1, -0.05) is 6.07 Å². The van der Waals surface area contributed by atoms with E-state index in [1.807, 2.05) is 23.6 Å². The minimum atomic E-state index is -0.847. The predicted octanol–water partition coefficient (Wildman–Crippen LogP) is 2.80. The summed E-state index contributed by atoms with van der Waals surface area (Å²) in [5.41, 5.74) is 5.80. The normalized spacial score (nSPS) is 11.1. The van der Waals surface area contributed by atoms with Gasteiger partial charge in [-0.2, -0.15) is 5.26 Å². The number of nitrogens with zero attached hydrogens (tertiary/aromatic N) is 2. The molecule has 2 aromatic rings. The van der Waals surface area contributed by atoms with Crippen molar-refractivity contribution in [3.63, 3.8) is 0 Å². The first-order valence-electron chi connectivity index (χ1n) is 6.42.